The van der Waals surface area contributed by atoms with Crippen LogP contribution in [0.15, 0.2) is 0 Å². The van der Waals surface area contributed by atoms with Gasteiger partial charge >= 0.3 is 0 Å². The SMILES string of the molecule is C1COC2(CC[C@H]3[C@H]4CCC5(OCCO5)[C@@H]4[C@@H]32)O1. The van der Waals surface area contributed by atoms with E-state index in [0.717, 1.165) is 51.1 Å². The maximum Gasteiger partial charge on any atom is 0.172 e. The first kappa shape index (κ1) is 10.6. The summed E-state index contributed by atoms with van der Waals surface area (Å²) in [6.45, 7) is 3.04. The first-order valence-electron chi connectivity index (χ1n) is 7.41. The van der Waals surface area contributed by atoms with E-state index in [2.05, 4.69) is 0 Å². The topological polar surface area (TPSA) is 36.9 Å². The van der Waals surface area contributed by atoms with Crippen LogP contribution in [0.5, 0.6) is 0 Å². The molecule has 2 spiro atoms. The number of fused-ring (bicyclic) bond motifs is 6. The normalized spacial score (nSPS) is 50.7. The highest BCUT2D eigenvalue weighted by molar-refractivity contribution is 5.16. The smallest absolute Gasteiger partial charge is 0.172 e. The summed E-state index contributed by atoms with van der Waals surface area (Å²) in [7, 11) is 0. The van der Waals surface area contributed by atoms with E-state index in [0.29, 0.717) is 11.8 Å². The van der Waals surface area contributed by atoms with E-state index in [-0.39, 0.29) is 11.6 Å². The van der Waals surface area contributed by atoms with Crippen molar-refractivity contribution in [2.75, 3.05) is 26.4 Å². The van der Waals surface area contributed by atoms with Crippen molar-refractivity contribution in [2.24, 2.45) is 23.7 Å². The molecule has 0 aromatic rings. The van der Waals surface area contributed by atoms with Gasteiger partial charge in [-0.3, -0.25) is 0 Å². The second-order valence-corrected chi connectivity index (χ2v) is 6.47. The standard InChI is InChI=1S/C14H20O4/c1-3-13(15-5-6-16-13)11-9(1)10-2-4-14(12(10)11)17-7-8-18-14/h9-12H,1-8H2/t9-,10+,11+,12-. The van der Waals surface area contributed by atoms with Gasteiger partial charge in [-0.15, -0.1) is 0 Å². The molecule has 0 aromatic heterocycles. The lowest BCUT2D eigenvalue weighted by Gasteiger charge is -2.53. The van der Waals surface area contributed by atoms with Crippen LogP contribution in [0.2, 0.25) is 0 Å². The largest absolute Gasteiger partial charge is 0.347 e. The third-order valence-electron chi connectivity index (χ3n) is 6.08. The number of hydrogen-bond donors (Lipinski definition) is 0. The highest BCUT2D eigenvalue weighted by atomic mass is 16.7. The van der Waals surface area contributed by atoms with Gasteiger partial charge in [0.25, 0.3) is 0 Å². The molecule has 2 aliphatic heterocycles. The summed E-state index contributed by atoms with van der Waals surface area (Å²) in [5.41, 5.74) is 0. The van der Waals surface area contributed by atoms with Crippen molar-refractivity contribution in [3.8, 4) is 0 Å². The molecule has 18 heavy (non-hydrogen) atoms. The second kappa shape index (κ2) is 3.29. The molecule has 2 saturated heterocycles. The summed E-state index contributed by atoms with van der Waals surface area (Å²) in [6, 6.07) is 0. The Morgan fingerprint density at radius 1 is 0.611 bits per heavy atom. The highest BCUT2D eigenvalue weighted by Crippen LogP contribution is 2.70. The minimum Gasteiger partial charge on any atom is -0.347 e. The Balaban J connectivity index is 1.51. The van der Waals surface area contributed by atoms with E-state index in [9.17, 15) is 0 Å². The number of rotatable bonds is 0. The Bertz CT molecular complexity index is 334. The fourth-order valence-corrected chi connectivity index (χ4v) is 5.59. The lowest BCUT2D eigenvalue weighted by atomic mass is 9.57. The summed E-state index contributed by atoms with van der Waals surface area (Å²) < 4.78 is 24.1. The van der Waals surface area contributed by atoms with Gasteiger partial charge in [0, 0.05) is 24.7 Å². The zero-order chi connectivity index (χ0) is 11.8. The van der Waals surface area contributed by atoms with E-state index in [4.69, 9.17) is 18.9 Å². The lowest BCUT2D eigenvalue weighted by molar-refractivity contribution is -0.289. The Kier molecular flexibility index (Phi) is 1.94. The Hall–Kier alpha value is -0.160. The van der Waals surface area contributed by atoms with Crippen molar-refractivity contribution < 1.29 is 18.9 Å². The van der Waals surface area contributed by atoms with Gasteiger partial charge in [0.05, 0.1) is 26.4 Å². The predicted octanol–water partition coefficient (Wildman–Crippen LogP) is 1.54. The van der Waals surface area contributed by atoms with E-state index < -0.39 is 0 Å². The Morgan fingerprint density at radius 2 is 1.00 bits per heavy atom. The number of ether oxygens (including phenoxy) is 4. The molecule has 0 bridgehead atoms. The van der Waals surface area contributed by atoms with Gasteiger partial charge in [-0.05, 0) is 24.7 Å². The molecule has 0 unspecified atom stereocenters. The van der Waals surface area contributed by atoms with Crippen LogP contribution in [0.4, 0.5) is 0 Å². The highest BCUT2D eigenvalue weighted by Gasteiger charge is 2.74. The summed E-state index contributed by atoms with van der Waals surface area (Å²) in [5.74, 6) is 2.06. The summed E-state index contributed by atoms with van der Waals surface area (Å²) >= 11 is 0. The maximum absolute atomic E-state index is 6.01. The van der Waals surface area contributed by atoms with Crippen LogP contribution in [0.3, 0.4) is 0 Å². The molecule has 3 aliphatic carbocycles. The van der Waals surface area contributed by atoms with Gasteiger partial charge in [0.1, 0.15) is 0 Å². The van der Waals surface area contributed by atoms with Crippen molar-refractivity contribution in [3.05, 3.63) is 0 Å². The van der Waals surface area contributed by atoms with Crippen LogP contribution in [0.1, 0.15) is 25.7 Å². The number of hydrogen-bond acceptors (Lipinski definition) is 4. The van der Waals surface area contributed by atoms with Gasteiger partial charge in [-0.25, -0.2) is 0 Å². The van der Waals surface area contributed by atoms with Crippen molar-refractivity contribution >= 4 is 0 Å². The van der Waals surface area contributed by atoms with E-state index in [1.807, 2.05) is 0 Å². The molecule has 4 atom stereocenters. The van der Waals surface area contributed by atoms with Crippen LogP contribution in [0, 0.1) is 23.7 Å². The monoisotopic (exact) mass is 252 g/mol. The molecule has 0 radical (unpaired) electrons. The minimum absolute atomic E-state index is 0.279. The summed E-state index contributed by atoms with van der Waals surface area (Å²) in [4.78, 5) is 0. The molecule has 5 fully saturated rings. The molecule has 4 heteroatoms. The fourth-order valence-electron chi connectivity index (χ4n) is 5.59. The zero-order valence-corrected chi connectivity index (χ0v) is 10.6. The lowest BCUT2D eigenvalue weighted by Crippen LogP contribution is -2.58. The average molecular weight is 252 g/mol. The summed E-state index contributed by atoms with van der Waals surface area (Å²) in [5, 5.41) is 0. The molecular formula is C14H20O4. The van der Waals surface area contributed by atoms with Gasteiger partial charge in [0.15, 0.2) is 11.6 Å². The van der Waals surface area contributed by atoms with Crippen LogP contribution in [0.25, 0.3) is 0 Å². The first-order chi connectivity index (χ1) is 8.85. The fraction of sp³-hybridized carbons (Fsp3) is 1.00. The van der Waals surface area contributed by atoms with Crippen LogP contribution < -0.4 is 0 Å². The molecular weight excluding hydrogens is 232 g/mol. The quantitative estimate of drug-likeness (QED) is 0.655. The van der Waals surface area contributed by atoms with Crippen molar-refractivity contribution in [2.45, 2.75) is 37.3 Å². The van der Waals surface area contributed by atoms with Gasteiger partial charge in [0.2, 0.25) is 0 Å². The third-order valence-corrected chi connectivity index (χ3v) is 6.08. The van der Waals surface area contributed by atoms with Gasteiger partial charge in [-0.1, -0.05) is 0 Å². The molecule has 0 amide bonds. The minimum atomic E-state index is -0.279. The molecule has 100 valence electrons. The van der Waals surface area contributed by atoms with Crippen molar-refractivity contribution in [1.29, 1.82) is 0 Å². The molecule has 5 rings (SSSR count). The van der Waals surface area contributed by atoms with Crippen LogP contribution >= 0.6 is 0 Å². The van der Waals surface area contributed by atoms with Crippen LogP contribution in [-0.4, -0.2) is 38.0 Å². The molecule has 0 aromatic carbocycles. The Morgan fingerprint density at radius 3 is 1.39 bits per heavy atom. The second-order valence-electron chi connectivity index (χ2n) is 6.47. The van der Waals surface area contributed by atoms with Crippen LogP contribution in [-0.2, 0) is 18.9 Å². The van der Waals surface area contributed by atoms with E-state index in [1.54, 1.807) is 0 Å². The van der Waals surface area contributed by atoms with Gasteiger partial charge < -0.3 is 18.9 Å². The molecule has 4 nitrogen and oxygen atoms in total. The van der Waals surface area contributed by atoms with E-state index >= 15 is 0 Å². The Labute approximate surface area is 107 Å². The molecule has 2 heterocycles. The molecule has 0 N–H and O–H groups in total. The molecule has 5 aliphatic rings. The maximum atomic E-state index is 6.01. The van der Waals surface area contributed by atoms with Crippen molar-refractivity contribution in [3.63, 3.8) is 0 Å². The molecule has 3 saturated carbocycles. The third kappa shape index (κ3) is 1.04. The van der Waals surface area contributed by atoms with E-state index in [1.165, 1.54) is 12.8 Å². The average Bonchev–Trinajstić information content (AvgIpc) is 3.06. The van der Waals surface area contributed by atoms with Crippen molar-refractivity contribution in [1.82, 2.24) is 0 Å². The predicted molar refractivity (Wildman–Crippen MR) is 61.7 cm³/mol. The van der Waals surface area contributed by atoms with Gasteiger partial charge in [-0.2, -0.15) is 0 Å². The first-order valence-corrected chi connectivity index (χ1v) is 7.41. The zero-order valence-electron chi connectivity index (χ0n) is 10.6. The summed E-state index contributed by atoms with van der Waals surface area (Å²) in [6.07, 6.45) is 4.68.